The minimum Gasteiger partial charge on any atom is -0.434 e. The molecule has 0 aliphatic rings. The van der Waals surface area contributed by atoms with E-state index in [1.54, 1.807) is 14.0 Å². The molecule has 0 aliphatic carbocycles. The summed E-state index contributed by atoms with van der Waals surface area (Å²) in [4.78, 5) is 4.35. The van der Waals surface area contributed by atoms with Crippen LogP contribution in [0.5, 0.6) is 5.75 Å². The Labute approximate surface area is 193 Å². The van der Waals surface area contributed by atoms with Crippen molar-refractivity contribution in [2.45, 2.75) is 33.4 Å². The first-order valence-corrected chi connectivity index (χ1v) is 10.9. The Kier molecular flexibility index (Phi) is 13.7. The molecular formula is C17H28ClF2IN4O3S. The smallest absolute Gasteiger partial charge is 0.387 e. The quantitative estimate of drug-likeness (QED) is 0.185. The van der Waals surface area contributed by atoms with E-state index in [9.17, 15) is 17.2 Å². The van der Waals surface area contributed by atoms with Gasteiger partial charge in [-0.25, -0.2) is 17.7 Å². The number of halogens is 4. The molecule has 0 atom stereocenters. The van der Waals surface area contributed by atoms with Crippen molar-refractivity contribution in [3.05, 3.63) is 28.8 Å². The lowest BCUT2D eigenvalue weighted by Gasteiger charge is -2.17. The van der Waals surface area contributed by atoms with Gasteiger partial charge in [0.2, 0.25) is 10.0 Å². The van der Waals surface area contributed by atoms with E-state index in [1.807, 2.05) is 6.92 Å². The van der Waals surface area contributed by atoms with Crippen molar-refractivity contribution in [2.75, 3.05) is 32.4 Å². The molecule has 7 nitrogen and oxygen atoms in total. The molecule has 0 radical (unpaired) electrons. The average Bonchev–Trinajstić information content (AvgIpc) is 2.64. The van der Waals surface area contributed by atoms with Gasteiger partial charge in [0.05, 0.1) is 12.3 Å². The van der Waals surface area contributed by atoms with Gasteiger partial charge < -0.3 is 15.4 Å². The highest BCUT2D eigenvalue weighted by Crippen LogP contribution is 2.25. The van der Waals surface area contributed by atoms with Gasteiger partial charge in [-0.1, -0.05) is 11.6 Å². The van der Waals surface area contributed by atoms with E-state index in [4.69, 9.17) is 11.6 Å². The summed E-state index contributed by atoms with van der Waals surface area (Å²) in [5.74, 6) is 0.556. The molecule has 168 valence electrons. The van der Waals surface area contributed by atoms with Gasteiger partial charge in [0, 0.05) is 37.3 Å². The number of nitrogens with zero attached hydrogens (tertiary/aromatic N) is 2. The summed E-state index contributed by atoms with van der Waals surface area (Å²) in [7, 11) is -1.66. The number of hydrogen-bond acceptors (Lipinski definition) is 4. The molecule has 0 aliphatic heterocycles. The molecule has 0 fully saturated rings. The standard InChI is InChI=1S/C17H27ClF2N4O3S.HI/c1-4-21-17(22-9-6-10-24(3)28(25,26)5-2)23-12-13-11-14(18)7-8-15(13)27-16(19)20;/h7-8,11,16H,4-6,9-10,12H2,1-3H3,(H2,21,22,23);1H. The third kappa shape index (κ3) is 10.6. The van der Waals surface area contributed by atoms with Crippen LogP contribution in [0, 0.1) is 0 Å². The fourth-order valence-corrected chi connectivity index (χ4v) is 3.30. The number of rotatable bonds is 11. The molecule has 0 amide bonds. The van der Waals surface area contributed by atoms with Crippen LogP contribution >= 0.6 is 35.6 Å². The van der Waals surface area contributed by atoms with E-state index in [-0.39, 0.29) is 42.0 Å². The highest BCUT2D eigenvalue weighted by atomic mass is 127. The predicted octanol–water partition coefficient (Wildman–Crippen LogP) is 3.29. The zero-order valence-electron chi connectivity index (χ0n) is 16.6. The van der Waals surface area contributed by atoms with Gasteiger partial charge >= 0.3 is 6.61 Å². The van der Waals surface area contributed by atoms with Gasteiger partial charge in [0.25, 0.3) is 0 Å². The Balaban J connectivity index is 0.00000784. The van der Waals surface area contributed by atoms with Crippen molar-refractivity contribution in [2.24, 2.45) is 4.99 Å². The Morgan fingerprint density at radius 2 is 2.00 bits per heavy atom. The van der Waals surface area contributed by atoms with Crippen LogP contribution in [-0.4, -0.2) is 57.7 Å². The Bertz CT molecular complexity index is 754. The molecule has 0 saturated heterocycles. The first kappa shape index (κ1) is 28.1. The summed E-state index contributed by atoms with van der Waals surface area (Å²) < 4.78 is 54.3. The second-order valence-corrected chi connectivity index (χ2v) is 8.63. The van der Waals surface area contributed by atoms with Gasteiger partial charge in [-0.05, 0) is 38.5 Å². The summed E-state index contributed by atoms with van der Waals surface area (Å²) in [6.07, 6.45) is 0.580. The number of sulfonamides is 1. The fourth-order valence-electron chi connectivity index (χ4n) is 2.26. The molecule has 29 heavy (non-hydrogen) atoms. The topological polar surface area (TPSA) is 83.0 Å². The maximum absolute atomic E-state index is 12.5. The Hall–Kier alpha value is -0.920. The van der Waals surface area contributed by atoms with Crippen molar-refractivity contribution in [1.29, 1.82) is 0 Å². The molecular weight excluding hydrogens is 541 g/mol. The van der Waals surface area contributed by atoms with Crippen molar-refractivity contribution >= 4 is 51.6 Å². The largest absolute Gasteiger partial charge is 0.434 e. The number of alkyl halides is 2. The predicted molar refractivity (Wildman–Crippen MR) is 123 cm³/mol. The summed E-state index contributed by atoms with van der Waals surface area (Å²) in [5.41, 5.74) is 0.429. The van der Waals surface area contributed by atoms with Gasteiger partial charge in [0.1, 0.15) is 5.75 Å². The minimum absolute atomic E-state index is 0. The number of hydrogen-bond donors (Lipinski definition) is 2. The molecule has 0 unspecified atom stereocenters. The molecule has 0 bridgehead atoms. The van der Waals surface area contributed by atoms with Crippen LogP contribution in [-0.2, 0) is 16.6 Å². The second-order valence-electron chi connectivity index (χ2n) is 5.83. The molecule has 1 aromatic rings. The number of aliphatic imine (C=N–C) groups is 1. The lowest BCUT2D eigenvalue weighted by Crippen LogP contribution is -2.39. The molecule has 2 N–H and O–H groups in total. The summed E-state index contributed by atoms with van der Waals surface area (Å²) in [5, 5.41) is 6.52. The zero-order valence-corrected chi connectivity index (χ0v) is 20.5. The molecule has 0 heterocycles. The lowest BCUT2D eigenvalue weighted by atomic mass is 10.2. The van der Waals surface area contributed by atoms with Crippen molar-refractivity contribution in [1.82, 2.24) is 14.9 Å². The van der Waals surface area contributed by atoms with Crippen LogP contribution in [0.15, 0.2) is 23.2 Å². The summed E-state index contributed by atoms with van der Waals surface area (Å²) in [6.45, 7) is 2.11. The zero-order chi connectivity index (χ0) is 21.2. The molecule has 0 spiro atoms. The maximum Gasteiger partial charge on any atom is 0.387 e. The molecule has 12 heteroatoms. The van der Waals surface area contributed by atoms with Gasteiger partial charge in [-0.3, -0.25) is 0 Å². The lowest BCUT2D eigenvalue weighted by molar-refractivity contribution is -0.0504. The van der Waals surface area contributed by atoms with Crippen LogP contribution < -0.4 is 15.4 Å². The molecule has 1 rings (SSSR count). The van der Waals surface area contributed by atoms with Crippen LogP contribution in [0.3, 0.4) is 0 Å². The van der Waals surface area contributed by atoms with Crippen LogP contribution in [0.1, 0.15) is 25.8 Å². The van der Waals surface area contributed by atoms with Gasteiger partial charge in [-0.15, -0.1) is 24.0 Å². The highest BCUT2D eigenvalue weighted by Gasteiger charge is 2.14. The van der Waals surface area contributed by atoms with Crippen molar-refractivity contribution in [3.63, 3.8) is 0 Å². The third-order valence-electron chi connectivity index (χ3n) is 3.77. The number of ether oxygens (including phenoxy) is 1. The fraction of sp³-hybridized carbons (Fsp3) is 0.588. The van der Waals surface area contributed by atoms with Gasteiger partial charge in [0.15, 0.2) is 5.96 Å². The second kappa shape index (κ2) is 14.1. The van der Waals surface area contributed by atoms with Crippen LogP contribution in [0.25, 0.3) is 0 Å². The first-order valence-electron chi connectivity index (χ1n) is 8.89. The number of nitrogens with one attached hydrogen (secondary N) is 2. The molecule has 0 saturated carbocycles. The maximum atomic E-state index is 12.5. The van der Waals surface area contributed by atoms with E-state index in [0.29, 0.717) is 42.6 Å². The van der Waals surface area contributed by atoms with E-state index in [2.05, 4.69) is 20.4 Å². The van der Waals surface area contributed by atoms with Crippen LogP contribution in [0.4, 0.5) is 8.78 Å². The summed E-state index contributed by atoms with van der Waals surface area (Å²) >= 11 is 5.93. The third-order valence-corrected chi connectivity index (χ3v) is 5.87. The minimum atomic E-state index is -3.20. The number of benzene rings is 1. The van der Waals surface area contributed by atoms with Gasteiger partial charge in [-0.2, -0.15) is 8.78 Å². The Morgan fingerprint density at radius 3 is 2.59 bits per heavy atom. The van der Waals surface area contributed by atoms with E-state index in [0.717, 1.165) is 0 Å². The molecule has 0 aromatic heterocycles. The highest BCUT2D eigenvalue weighted by molar-refractivity contribution is 14.0. The van der Waals surface area contributed by atoms with Crippen molar-refractivity contribution in [3.8, 4) is 5.75 Å². The number of guanidine groups is 1. The summed E-state index contributed by atoms with van der Waals surface area (Å²) in [6, 6.07) is 4.37. The molecule has 1 aromatic carbocycles. The van der Waals surface area contributed by atoms with Crippen molar-refractivity contribution < 1.29 is 21.9 Å². The SMILES string of the molecule is CCNC(=NCc1cc(Cl)ccc1OC(F)F)NCCCN(C)S(=O)(=O)CC.I. The van der Waals surface area contributed by atoms with E-state index < -0.39 is 16.6 Å². The monoisotopic (exact) mass is 568 g/mol. The first-order chi connectivity index (χ1) is 13.2. The van der Waals surface area contributed by atoms with E-state index in [1.165, 1.54) is 22.5 Å². The van der Waals surface area contributed by atoms with Crippen LogP contribution in [0.2, 0.25) is 5.02 Å². The van der Waals surface area contributed by atoms with E-state index >= 15 is 0 Å². The Morgan fingerprint density at radius 1 is 1.31 bits per heavy atom. The average molecular weight is 569 g/mol. The normalized spacial score (nSPS) is 12.1.